The Hall–Kier alpha value is -1.46. The third-order valence-electron chi connectivity index (χ3n) is 2.12. The van der Waals surface area contributed by atoms with Crippen LogP contribution in [0.4, 0.5) is 4.39 Å². The molecule has 4 nitrogen and oxygen atoms in total. The molecule has 2 atom stereocenters. The minimum Gasteiger partial charge on any atom is -0.479 e. The fourth-order valence-electron chi connectivity index (χ4n) is 1.36. The van der Waals surface area contributed by atoms with Gasteiger partial charge >= 0.3 is 5.97 Å². The number of halogens is 1. The molecule has 0 bridgehead atoms. The van der Waals surface area contributed by atoms with Crippen molar-refractivity contribution in [1.29, 1.82) is 0 Å². The lowest BCUT2D eigenvalue weighted by Gasteiger charge is -2.10. The Morgan fingerprint density at radius 3 is 2.80 bits per heavy atom. The maximum Gasteiger partial charge on any atom is 0.335 e. The maximum atomic E-state index is 13.3. The van der Waals surface area contributed by atoms with Crippen LogP contribution >= 0.6 is 0 Å². The van der Waals surface area contributed by atoms with Gasteiger partial charge in [-0.25, -0.2) is 9.18 Å². The van der Waals surface area contributed by atoms with Crippen LogP contribution < -0.4 is 0 Å². The lowest BCUT2D eigenvalue weighted by molar-refractivity contribution is -0.150. The summed E-state index contributed by atoms with van der Waals surface area (Å²) in [6.45, 7) is -0.0612. The Labute approximate surface area is 85.2 Å². The van der Waals surface area contributed by atoms with Gasteiger partial charge in [-0.05, 0) is 6.07 Å². The van der Waals surface area contributed by atoms with Crippen LogP contribution in [0.2, 0.25) is 0 Å². The van der Waals surface area contributed by atoms with Gasteiger partial charge in [0.25, 0.3) is 0 Å². The first-order chi connectivity index (χ1) is 7.18. The number of benzene rings is 1. The van der Waals surface area contributed by atoms with E-state index >= 15 is 0 Å². The highest BCUT2D eigenvalue weighted by molar-refractivity contribution is 5.72. The molecule has 0 spiro atoms. The largest absolute Gasteiger partial charge is 0.479 e. The van der Waals surface area contributed by atoms with Crippen LogP contribution in [0.5, 0.6) is 0 Å². The minimum absolute atomic E-state index is 0.0612. The summed E-state index contributed by atoms with van der Waals surface area (Å²) in [5, 5.41) is 8.65. The SMILES string of the molecule is O=C(O)C1COC(c2ccccc2F)O1. The van der Waals surface area contributed by atoms with E-state index in [4.69, 9.17) is 14.6 Å². The third kappa shape index (κ3) is 1.98. The predicted octanol–water partition coefficient (Wildman–Crippen LogP) is 1.32. The molecule has 1 N–H and O–H groups in total. The topological polar surface area (TPSA) is 55.8 Å². The van der Waals surface area contributed by atoms with Gasteiger partial charge in [-0.1, -0.05) is 18.2 Å². The molecule has 5 heteroatoms. The number of aliphatic carboxylic acids is 1. The molecular formula is C10H9FO4. The highest BCUT2D eigenvalue weighted by Crippen LogP contribution is 2.28. The van der Waals surface area contributed by atoms with E-state index in [2.05, 4.69) is 0 Å². The quantitative estimate of drug-likeness (QED) is 0.803. The number of hydrogen-bond acceptors (Lipinski definition) is 3. The number of carboxylic acids is 1. The average Bonchev–Trinajstić information content (AvgIpc) is 2.67. The molecule has 1 saturated heterocycles. The van der Waals surface area contributed by atoms with Crippen molar-refractivity contribution in [2.75, 3.05) is 6.61 Å². The Morgan fingerprint density at radius 2 is 2.20 bits per heavy atom. The van der Waals surface area contributed by atoms with E-state index in [0.717, 1.165) is 0 Å². The van der Waals surface area contributed by atoms with E-state index in [1.807, 2.05) is 0 Å². The van der Waals surface area contributed by atoms with Gasteiger partial charge in [-0.2, -0.15) is 0 Å². The highest BCUT2D eigenvalue weighted by atomic mass is 19.1. The highest BCUT2D eigenvalue weighted by Gasteiger charge is 2.33. The lowest BCUT2D eigenvalue weighted by atomic mass is 10.2. The van der Waals surface area contributed by atoms with Gasteiger partial charge in [0.05, 0.1) is 6.61 Å². The minimum atomic E-state index is -1.10. The normalized spacial score (nSPS) is 25.4. The Kier molecular flexibility index (Phi) is 2.66. The van der Waals surface area contributed by atoms with Crippen molar-refractivity contribution in [3.63, 3.8) is 0 Å². The monoisotopic (exact) mass is 212 g/mol. The summed E-state index contributed by atoms with van der Waals surface area (Å²) >= 11 is 0. The molecule has 0 saturated carbocycles. The zero-order chi connectivity index (χ0) is 10.8. The van der Waals surface area contributed by atoms with Crippen molar-refractivity contribution in [3.05, 3.63) is 35.6 Å². The van der Waals surface area contributed by atoms with Gasteiger partial charge < -0.3 is 14.6 Å². The van der Waals surface area contributed by atoms with Crippen molar-refractivity contribution in [3.8, 4) is 0 Å². The van der Waals surface area contributed by atoms with Crippen molar-refractivity contribution < 1.29 is 23.8 Å². The lowest BCUT2D eigenvalue weighted by Crippen LogP contribution is -2.21. The molecule has 0 aliphatic carbocycles. The van der Waals surface area contributed by atoms with Crippen molar-refractivity contribution in [2.24, 2.45) is 0 Å². The molecule has 0 radical (unpaired) electrons. The van der Waals surface area contributed by atoms with E-state index in [9.17, 15) is 9.18 Å². The predicted molar refractivity (Wildman–Crippen MR) is 47.6 cm³/mol. The molecule has 15 heavy (non-hydrogen) atoms. The summed E-state index contributed by atoms with van der Waals surface area (Å²) in [4.78, 5) is 10.6. The second-order valence-electron chi connectivity index (χ2n) is 3.15. The smallest absolute Gasteiger partial charge is 0.335 e. The number of hydrogen-bond donors (Lipinski definition) is 1. The molecule has 0 amide bonds. The molecule has 0 aromatic heterocycles. The molecule has 1 aliphatic rings. The Bertz CT molecular complexity index is 379. The van der Waals surface area contributed by atoms with Gasteiger partial charge in [0, 0.05) is 5.56 Å². The van der Waals surface area contributed by atoms with Crippen LogP contribution in [-0.4, -0.2) is 23.8 Å². The van der Waals surface area contributed by atoms with E-state index in [1.165, 1.54) is 12.1 Å². The van der Waals surface area contributed by atoms with Crippen LogP contribution in [0.15, 0.2) is 24.3 Å². The van der Waals surface area contributed by atoms with Crippen LogP contribution in [-0.2, 0) is 14.3 Å². The van der Waals surface area contributed by atoms with Crippen LogP contribution in [0.25, 0.3) is 0 Å². The fraction of sp³-hybridized carbons (Fsp3) is 0.300. The van der Waals surface area contributed by atoms with Crippen LogP contribution in [0.3, 0.4) is 0 Å². The van der Waals surface area contributed by atoms with Crippen LogP contribution in [0.1, 0.15) is 11.9 Å². The first kappa shape index (κ1) is 10.1. The molecule has 2 unspecified atom stereocenters. The van der Waals surface area contributed by atoms with Crippen molar-refractivity contribution in [2.45, 2.75) is 12.4 Å². The van der Waals surface area contributed by atoms with Gasteiger partial charge in [0.1, 0.15) is 5.82 Å². The third-order valence-corrected chi connectivity index (χ3v) is 2.12. The molecule has 1 fully saturated rings. The number of rotatable bonds is 2. The fourth-order valence-corrected chi connectivity index (χ4v) is 1.36. The number of carboxylic acid groups (broad SMARTS) is 1. The molecule has 1 heterocycles. The first-order valence-electron chi connectivity index (χ1n) is 4.43. The zero-order valence-electron chi connectivity index (χ0n) is 7.72. The molecule has 1 aromatic carbocycles. The maximum absolute atomic E-state index is 13.3. The van der Waals surface area contributed by atoms with E-state index in [1.54, 1.807) is 12.1 Å². The zero-order valence-corrected chi connectivity index (χ0v) is 7.72. The summed E-state index contributed by atoms with van der Waals surface area (Å²) in [5.74, 6) is -1.57. The number of carbonyl (C=O) groups is 1. The second-order valence-corrected chi connectivity index (χ2v) is 3.15. The average molecular weight is 212 g/mol. The van der Waals surface area contributed by atoms with Gasteiger partial charge in [-0.15, -0.1) is 0 Å². The van der Waals surface area contributed by atoms with Gasteiger partial charge in [0.2, 0.25) is 0 Å². The summed E-state index contributed by atoms with van der Waals surface area (Å²) in [6, 6.07) is 5.96. The van der Waals surface area contributed by atoms with E-state index in [0.29, 0.717) is 0 Å². The Morgan fingerprint density at radius 1 is 1.47 bits per heavy atom. The standard InChI is InChI=1S/C10H9FO4/c11-7-4-2-1-3-6(7)10-14-5-8(15-10)9(12)13/h1-4,8,10H,5H2,(H,12,13). The summed E-state index contributed by atoms with van der Waals surface area (Å²) in [6.07, 6.45) is -1.94. The van der Waals surface area contributed by atoms with E-state index < -0.39 is 24.2 Å². The molecule has 80 valence electrons. The van der Waals surface area contributed by atoms with Gasteiger partial charge in [-0.3, -0.25) is 0 Å². The first-order valence-corrected chi connectivity index (χ1v) is 4.43. The van der Waals surface area contributed by atoms with Crippen molar-refractivity contribution >= 4 is 5.97 Å². The molecule has 2 rings (SSSR count). The molecular weight excluding hydrogens is 203 g/mol. The van der Waals surface area contributed by atoms with Gasteiger partial charge in [0.15, 0.2) is 12.4 Å². The van der Waals surface area contributed by atoms with E-state index in [-0.39, 0.29) is 12.2 Å². The summed E-state index contributed by atoms with van der Waals surface area (Å²) in [7, 11) is 0. The van der Waals surface area contributed by atoms with Crippen LogP contribution in [0, 0.1) is 5.82 Å². The second kappa shape index (κ2) is 3.96. The summed E-state index contributed by atoms with van der Waals surface area (Å²) in [5.41, 5.74) is 0.223. The number of ether oxygens (including phenoxy) is 2. The molecule has 1 aliphatic heterocycles. The summed E-state index contributed by atoms with van der Waals surface area (Å²) < 4.78 is 23.3. The molecule has 1 aromatic rings. The Balaban J connectivity index is 2.14. The van der Waals surface area contributed by atoms with Crippen molar-refractivity contribution in [1.82, 2.24) is 0 Å².